The predicted octanol–water partition coefficient (Wildman–Crippen LogP) is -0.0361. The SMILES string of the molecule is COC(=O)CS(=O)(=O)[C@@H]1CC(=O)O[C@@H](C)CCCC2OC2[C@@H]2C[C@H](O)C[C@H]2[C@@H]1O. The van der Waals surface area contributed by atoms with E-state index in [0.29, 0.717) is 12.8 Å². The molecule has 2 aliphatic heterocycles. The Morgan fingerprint density at radius 2 is 1.90 bits per heavy atom. The lowest BCUT2D eigenvalue weighted by Crippen LogP contribution is -2.45. The third kappa shape index (κ3) is 5.28. The summed E-state index contributed by atoms with van der Waals surface area (Å²) in [6, 6.07) is 0. The number of cyclic esters (lactones) is 1. The number of rotatable bonds is 3. The number of carbonyl (C=O) groups is 2. The molecule has 0 aromatic rings. The monoisotopic (exact) mass is 434 g/mol. The van der Waals surface area contributed by atoms with Crippen molar-refractivity contribution in [3.05, 3.63) is 0 Å². The quantitative estimate of drug-likeness (QED) is 0.463. The van der Waals surface area contributed by atoms with Crippen LogP contribution in [-0.2, 0) is 33.6 Å². The minimum Gasteiger partial charge on any atom is -0.468 e. The van der Waals surface area contributed by atoms with Crippen LogP contribution in [0.15, 0.2) is 0 Å². The van der Waals surface area contributed by atoms with Gasteiger partial charge in [-0.2, -0.15) is 0 Å². The Kier molecular flexibility index (Phi) is 6.87. The van der Waals surface area contributed by atoms with E-state index in [1.165, 1.54) is 0 Å². The minimum absolute atomic E-state index is 0.00813. The molecule has 0 spiro atoms. The maximum Gasteiger partial charge on any atom is 0.320 e. The molecule has 29 heavy (non-hydrogen) atoms. The average molecular weight is 435 g/mol. The maximum atomic E-state index is 12.9. The van der Waals surface area contributed by atoms with Gasteiger partial charge < -0.3 is 24.4 Å². The van der Waals surface area contributed by atoms with Crippen molar-refractivity contribution in [2.75, 3.05) is 12.9 Å². The smallest absolute Gasteiger partial charge is 0.320 e. The van der Waals surface area contributed by atoms with E-state index in [1.54, 1.807) is 6.92 Å². The van der Waals surface area contributed by atoms with Crippen molar-refractivity contribution in [3.8, 4) is 0 Å². The molecule has 1 saturated carbocycles. The third-order valence-corrected chi connectivity index (χ3v) is 8.32. The fraction of sp³-hybridized carbons (Fsp3) is 0.895. The second kappa shape index (κ2) is 8.87. The zero-order valence-corrected chi connectivity index (χ0v) is 17.5. The number of methoxy groups -OCH3 is 1. The van der Waals surface area contributed by atoms with E-state index < -0.39 is 57.3 Å². The molecule has 2 saturated heterocycles. The number of ether oxygens (including phenoxy) is 3. The zero-order chi connectivity index (χ0) is 21.3. The summed E-state index contributed by atoms with van der Waals surface area (Å²) < 4.78 is 41.3. The van der Waals surface area contributed by atoms with Gasteiger partial charge in [-0.05, 0) is 50.9 Å². The van der Waals surface area contributed by atoms with E-state index in [0.717, 1.165) is 20.0 Å². The third-order valence-electron chi connectivity index (χ3n) is 6.31. The molecule has 2 N–H and O–H groups in total. The van der Waals surface area contributed by atoms with E-state index in [4.69, 9.17) is 9.47 Å². The maximum absolute atomic E-state index is 12.9. The molecule has 0 radical (unpaired) electrons. The van der Waals surface area contributed by atoms with E-state index in [9.17, 15) is 28.2 Å². The first kappa shape index (κ1) is 22.5. The predicted molar refractivity (Wildman–Crippen MR) is 101 cm³/mol. The van der Waals surface area contributed by atoms with Crippen molar-refractivity contribution in [2.45, 2.75) is 81.2 Å². The summed E-state index contributed by atoms with van der Waals surface area (Å²) in [6.45, 7) is 1.74. The summed E-state index contributed by atoms with van der Waals surface area (Å²) in [5, 5.41) is 19.7. The van der Waals surface area contributed by atoms with E-state index in [-0.39, 0.29) is 30.7 Å². The van der Waals surface area contributed by atoms with Crippen molar-refractivity contribution in [1.29, 1.82) is 0 Å². The molecule has 3 fully saturated rings. The standard InChI is InChI=1S/C19H30O9S/c1-10-4-3-5-14-19(28-14)13-7-11(20)6-12(13)18(23)15(8-16(21)27-10)29(24,25)9-17(22)26-2/h10-15,18-20,23H,3-9H2,1-2H3/t10-,11+,12+,13+,14?,15+,18-,19?/m0/s1. The van der Waals surface area contributed by atoms with Gasteiger partial charge in [-0.25, -0.2) is 8.42 Å². The fourth-order valence-corrected chi connectivity index (χ4v) is 6.46. The Balaban J connectivity index is 1.90. The molecular formula is C19H30O9S. The molecule has 2 unspecified atom stereocenters. The molecule has 8 atom stereocenters. The fourth-order valence-electron chi connectivity index (χ4n) is 4.78. The Morgan fingerprint density at radius 3 is 2.59 bits per heavy atom. The van der Waals surface area contributed by atoms with Crippen LogP contribution in [0, 0.1) is 11.8 Å². The van der Waals surface area contributed by atoms with Crippen molar-refractivity contribution in [3.63, 3.8) is 0 Å². The molecule has 0 aromatic carbocycles. The summed E-state index contributed by atoms with van der Waals surface area (Å²) in [7, 11) is -3.13. The molecule has 0 bridgehead atoms. The number of aliphatic hydroxyl groups excluding tert-OH is 2. The van der Waals surface area contributed by atoms with Crippen LogP contribution < -0.4 is 0 Å². The molecular weight excluding hydrogens is 404 g/mol. The van der Waals surface area contributed by atoms with Gasteiger partial charge in [0.25, 0.3) is 0 Å². The lowest BCUT2D eigenvalue weighted by atomic mass is 9.84. The summed E-state index contributed by atoms with van der Waals surface area (Å²) in [4.78, 5) is 24.0. The molecule has 3 rings (SSSR count). The number of carbonyl (C=O) groups excluding carboxylic acids is 2. The highest BCUT2D eigenvalue weighted by atomic mass is 32.2. The number of aliphatic hydroxyl groups is 2. The van der Waals surface area contributed by atoms with Crippen molar-refractivity contribution < 1.29 is 42.4 Å². The highest BCUT2D eigenvalue weighted by molar-refractivity contribution is 7.92. The summed E-state index contributed by atoms with van der Waals surface area (Å²) in [5.41, 5.74) is 0. The number of fused-ring (bicyclic) bond motifs is 3. The largest absolute Gasteiger partial charge is 0.468 e. The van der Waals surface area contributed by atoms with Crippen LogP contribution in [-0.4, -0.2) is 79.2 Å². The van der Waals surface area contributed by atoms with Crippen LogP contribution in [0.5, 0.6) is 0 Å². The summed E-state index contributed by atoms with van der Waals surface area (Å²) in [6.07, 6.45) is -0.347. The first-order chi connectivity index (χ1) is 13.6. The van der Waals surface area contributed by atoms with Crippen LogP contribution in [0.1, 0.15) is 45.4 Å². The topological polar surface area (TPSA) is 140 Å². The number of sulfone groups is 1. The Morgan fingerprint density at radius 1 is 1.21 bits per heavy atom. The number of hydrogen-bond donors (Lipinski definition) is 2. The first-order valence-corrected chi connectivity index (χ1v) is 11.8. The van der Waals surface area contributed by atoms with Crippen LogP contribution in [0.25, 0.3) is 0 Å². The normalized spacial score (nSPS) is 41.0. The number of epoxide rings is 1. The molecule has 0 amide bonds. The van der Waals surface area contributed by atoms with Gasteiger partial charge >= 0.3 is 11.9 Å². The van der Waals surface area contributed by atoms with Crippen molar-refractivity contribution in [2.24, 2.45) is 11.8 Å². The summed E-state index contributed by atoms with van der Waals surface area (Å²) in [5.74, 6) is -3.38. The zero-order valence-electron chi connectivity index (χ0n) is 16.7. The molecule has 9 nitrogen and oxygen atoms in total. The van der Waals surface area contributed by atoms with Crippen molar-refractivity contribution in [1.82, 2.24) is 0 Å². The van der Waals surface area contributed by atoms with Gasteiger partial charge in [-0.1, -0.05) is 0 Å². The van der Waals surface area contributed by atoms with Crippen LogP contribution in [0.3, 0.4) is 0 Å². The minimum atomic E-state index is -4.20. The molecule has 0 aromatic heterocycles. The molecule has 10 heteroatoms. The highest BCUT2D eigenvalue weighted by Gasteiger charge is 2.54. The van der Waals surface area contributed by atoms with Gasteiger partial charge in [-0.3, -0.25) is 9.59 Å². The van der Waals surface area contributed by atoms with E-state index >= 15 is 0 Å². The highest BCUT2D eigenvalue weighted by Crippen LogP contribution is 2.47. The second-order valence-electron chi connectivity index (χ2n) is 8.44. The van der Waals surface area contributed by atoms with Gasteiger partial charge in [0.15, 0.2) is 9.84 Å². The van der Waals surface area contributed by atoms with Crippen molar-refractivity contribution >= 4 is 21.8 Å². The molecule has 1 aliphatic carbocycles. The van der Waals surface area contributed by atoms with Gasteiger partial charge in [0.2, 0.25) is 0 Å². The first-order valence-electron chi connectivity index (χ1n) is 10.1. The van der Waals surface area contributed by atoms with Crippen LogP contribution in [0.2, 0.25) is 0 Å². The molecule has 3 aliphatic rings. The number of esters is 2. The van der Waals surface area contributed by atoms with Crippen LogP contribution in [0.4, 0.5) is 0 Å². The Bertz CT molecular complexity index is 721. The van der Waals surface area contributed by atoms with Gasteiger partial charge in [0, 0.05) is 0 Å². The van der Waals surface area contributed by atoms with Crippen LogP contribution >= 0.6 is 0 Å². The molecule has 166 valence electrons. The van der Waals surface area contributed by atoms with E-state index in [2.05, 4.69) is 4.74 Å². The second-order valence-corrected chi connectivity index (χ2v) is 10.7. The lowest BCUT2D eigenvalue weighted by molar-refractivity contribution is -0.149. The summed E-state index contributed by atoms with van der Waals surface area (Å²) >= 11 is 0. The van der Waals surface area contributed by atoms with Gasteiger partial charge in [-0.15, -0.1) is 0 Å². The van der Waals surface area contributed by atoms with E-state index in [1.807, 2.05) is 0 Å². The lowest BCUT2D eigenvalue weighted by Gasteiger charge is -2.30. The molecule has 2 heterocycles. The van der Waals surface area contributed by atoms with Gasteiger partial charge in [0.05, 0.1) is 49.3 Å². The average Bonchev–Trinajstić information content (AvgIpc) is 3.29. The Labute approximate surface area is 170 Å². The van der Waals surface area contributed by atoms with Gasteiger partial charge in [0.1, 0.15) is 5.75 Å². The Hall–Kier alpha value is -1.23. The number of hydrogen-bond acceptors (Lipinski definition) is 9.